The maximum Gasteiger partial charge on any atom is 0.251 e. The second kappa shape index (κ2) is 10.3. The van der Waals surface area contributed by atoms with Crippen molar-refractivity contribution < 1.29 is 4.79 Å². The normalized spacial score (nSPS) is 11.3. The lowest BCUT2D eigenvalue weighted by Gasteiger charge is -2.21. The van der Waals surface area contributed by atoms with E-state index >= 15 is 0 Å². The molecule has 2 aromatic rings. The van der Waals surface area contributed by atoms with Gasteiger partial charge in [0.2, 0.25) is 0 Å². The molecular weight excluding hydrogens is 412 g/mol. The Kier molecular flexibility index (Phi) is 8.12. The van der Waals surface area contributed by atoms with Gasteiger partial charge >= 0.3 is 0 Å². The molecule has 1 amide bonds. The van der Waals surface area contributed by atoms with Crippen LogP contribution >= 0.6 is 27.3 Å². The Morgan fingerprint density at radius 2 is 2.12 bits per heavy atom. The smallest absolute Gasteiger partial charge is 0.251 e. The molecule has 0 fully saturated rings. The van der Waals surface area contributed by atoms with Gasteiger partial charge in [0.25, 0.3) is 5.91 Å². The molecule has 0 unspecified atom stereocenters. The SMILES string of the molecule is CCNC(=NCCc1cccc(C(=O)NC)c1)N(C)Cc1ccc(Br)s1. The molecule has 0 aliphatic rings. The van der Waals surface area contributed by atoms with Crippen molar-refractivity contribution in [3.05, 3.63) is 56.2 Å². The highest BCUT2D eigenvalue weighted by Gasteiger charge is 2.08. The number of nitrogens with one attached hydrogen (secondary N) is 2. The van der Waals surface area contributed by atoms with E-state index in [9.17, 15) is 4.79 Å². The molecule has 0 spiro atoms. The van der Waals surface area contributed by atoms with Gasteiger partial charge < -0.3 is 15.5 Å². The van der Waals surface area contributed by atoms with Crippen molar-refractivity contribution >= 4 is 39.1 Å². The van der Waals surface area contributed by atoms with E-state index in [1.54, 1.807) is 18.4 Å². The molecule has 7 heteroatoms. The maximum absolute atomic E-state index is 11.7. The van der Waals surface area contributed by atoms with E-state index in [4.69, 9.17) is 4.99 Å². The number of hydrogen-bond acceptors (Lipinski definition) is 3. The van der Waals surface area contributed by atoms with Crippen LogP contribution in [0.25, 0.3) is 0 Å². The Morgan fingerprint density at radius 3 is 2.77 bits per heavy atom. The van der Waals surface area contributed by atoms with Gasteiger partial charge in [-0.05, 0) is 59.1 Å². The van der Waals surface area contributed by atoms with E-state index in [1.807, 2.05) is 31.3 Å². The molecule has 1 heterocycles. The quantitative estimate of drug-likeness (QED) is 0.515. The van der Waals surface area contributed by atoms with Gasteiger partial charge in [-0.2, -0.15) is 0 Å². The zero-order valence-corrected chi connectivity index (χ0v) is 17.8. The topological polar surface area (TPSA) is 56.7 Å². The minimum atomic E-state index is -0.0643. The number of rotatable bonds is 7. The van der Waals surface area contributed by atoms with Crippen molar-refractivity contribution in [2.45, 2.75) is 19.9 Å². The van der Waals surface area contributed by atoms with E-state index in [2.05, 4.69) is 50.5 Å². The summed E-state index contributed by atoms with van der Waals surface area (Å²) in [4.78, 5) is 19.9. The van der Waals surface area contributed by atoms with Crippen molar-refractivity contribution in [1.82, 2.24) is 15.5 Å². The number of halogens is 1. The van der Waals surface area contributed by atoms with Crippen molar-refractivity contribution in [2.75, 3.05) is 27.2 Å². The minimum absolute atomic E-state index is 0.0643. The first-order valence-electron chi connectivity index (χ1n) is 8.58. The van der Waals surface area contributed by atoms with E-state index < -0.39 is 0 Å². The van der Waals surface area contributed by atoms with Gasteiger partial charge in [0.05, 0.1) is 10.3 Å². The van der Waals surface area contributed by atoms with Crippen LogP contribution in [0.1, 0.15) is 27.7 Å². The number of nitrogens with zero attached hydrogens (tertiary/aromatic N) is 2. The third-order valence-electron chi connectivity index (χ3n) is 3.80. The summed E-state index contributed by atoms with van der Waals surface area (Å²) in [6.07, 6.45) is 0.790. The van der Waals surface area contributed by atoms with E-state index in [0.29, 0.717) is 12.1 Å². The van der Waals surface area contributed by atoms with Crippen molar-refractivity contribution in [2.24, 2.45) is 4.99 Å². The van der Waals surface area contributed by atoms with Crippen LogP contribution in [0, 0.1) is 0 Å². The lowest BCUT2D eigenvalue weighted by molar-refractivity contribution is 0.0963. The summed E-state index contributed by atoms with van der Waals surface area (Å²) in [5.74, 6) is 0.824. The second-order valence-corrected chi connectivity index (χ2v) is 8.37. The van der Waals surface area contributed by atoms with Gasteiger partial charge in [-0.1, -0.05) is 12.1 Å². The van der Waals surface area contributed by atoms with Crippen LogP contribution in [-0.2, 0) is 13.0 Å². The number of carbonyl (C=O) groups excluding carboxylic acids is 1. The van der Waals surface area contributed by atoms with Gasteiger partial charge in [0.1, 0.15) is 0 Å². The lowest BCUT2D eigenvalue weighted by Crippen LogP contribution is -2.38. The molecular formula is C19H25BrN4OS. The van der Waals surface area contributed by atoms with Gasteiger partial charge in [0.15, 0.2) is 5.96 Å². The Morgan fingerprint density at radius 1 is 1.31 bits per heavy atom. The average Bonchev–Trinajstić information content (AvgIpc) is 3.05. The van der Waals surface area contributed by atoms with E-state index in [0.717, 1.165) is 34.8 Å². The number of carbonyl (C=O) groups is 1. The molecule has 0 saturated carbocycles. The highest BCUT2D eigenvalue weighted by Crippen LogP contribution is 2.23. The zero-order valence-electron chi connectivity index (χ0n) is 15.4. The number of thiophene rings is 1. The minimum Gasteiger partial charge on any atom is -0.357 e. The van der Waals surface area contributed by atoms with Crippen molar-refractivity contribution in [1.29, 1.82) is 0 Å². The van der Waals surface area contributed by atoms with Crippen LogP contribution in [0.3, 0.4) is 0 Å². The molecule has 0 aliphatic carbocycles. The fraction of sp³-hybridized carbons (Fsp3) is 0.368. The highest BCUT2D eigenvalue weighted by atomic mass is 79.9. The summed E-state index contributed by atoms with van der Waals surface area (Å²) in [6, 6.07) is 11.9. The fourth-order valence-corrected chi connectivity index (χ4v) is 4.06. The summed E-state index contributed by atoms with van der Waals surface area (Å²) in [7, 11) is 3.69. The summed E-state index contributed by atoms with van der Waals surface area (Å²) in [5, 5.41) is 5.99. The van der Waals surface area contributed by atoms with Crippen LogP contribution < -0.4 is 10.6 Å². The predicted molar refractivity (Wildman–Crippen MR) is 113 cm³/mol. The van der Waals surface area contributed by atoms with Crippen molar-refractivity contribution in [3.8, 4) is 0 Å². The highest BCUT2D eigenvalue weighted by molar-refractivity contribution is 9.11. The first-order chi connectivity index (χ1) is 12.5. The summed E-state index contributed by atoms with van der Waals surface area (Å²) in [5.41, 5.74) is 1.79. The van der Waals surface area contributed by atoms with Gasteiger partial charge in [-0.15, -0.1) is 11.3 Å². The number of hydrogen-bond donors (Lipinski definition) is 2. The Bertz CT molecular complexity index is 760. The summed E-state index contributed by atoms with van der Waals surface area (Å²) >= 11 is 5.24. The molecule has 1 aromatic carbocycles. The van der Waals surface area contributed by atoms with Crippen LogP contribution in [-0.4, -0.2) is 44.0 Å². The number of guanidine groups is 1. The number of benzene rings is 1. The Labute approximate surface area is 167 Å². The monoisotopic (exact) mass is 436 g/mol. The summed E-state index contributed by atoms with van der Waals surface area (Å²) < 4.78 is 1.14. The van der Waals surface area contributed by atoms with Crippen LogP contribution in [0.5, 0.6) is 0 Å². The van der Waals surface area contributed by atoms with Crippen LogP contribution in [0.4, 0.5) is 0 Å². The molecule has 0 aliphatic heterocycles. The lowest BCUT2D eigenvalue weighted by atomic mass is 10.1. The zero-order chi connectivity index (χ0) is 18.9. The molecule has 0 saturated heterocycles. The van der Waals surface area contributed by atoms with Crippen LogP contribution in [0.2, 0.25) is 0 Å². The third-order valence-corrected chi connectivity index (χ3v) is 5.41. The molecule has 1 aromatic heterocycles. The van der Waals surface area contributed by atoms with Gasteiger partial charge in [-0.25, -0.2) is 0 Å². The number of amides is 1. The Hall–Kier alpha value is -1.86. The molecule has 0 atom stereocenters. The van der Waals surface area contributed by atoms with E-state index in [1.165, 1.54) is 4.88 Å². The largest absolute Gasteiger partial charge is 0.357 e. The molecule has 2 N–H and O–H groups in total. The molecule has 2 rings (SSSR count). The molecule has 26 heavy (non-hydrogen) atoms. The Balaban J connectivity index is 1.99. The predicted octanol–water partition coefficient (Wildman–Crippen LogP) is 3.51. The number of aliphatic imine (C=N–C) groups is 1. The van der Waals surface area contributed by atoms with Crippen molar-refractivity contribution in [3.63, 3.8) is 0 Å². The molecule has 5 nitrogen and oxygen atoms in total. The summed E-state index contributed by atoms with van der Waals surface area (Å²) in [6.45, 7) is 4.37. The third kappa shape index (κ3) is 6.14. The maximum atomic E-state index is 11.7. The van der Waals surface area contributed by atoms with E-state index in [-0.39, 0.29) is 5.91 Å². The molecule has 0 radical (unpaired) electrons. The average molecular weight is 437 g/mol. The second-order valence-electron chi connectivity index (χ2n) is 5.83. The fourth-order valence-electron chi connectivity index (χ4n) is 2.52. The first kappa shape index (κ1) is 20.5. The van der Waals surface area contributed by atoms with Crippen LogP contribution in [0.15, 0.2) is 45.2 Å². The molecule has 140 valence electrons. The van der Waals surface area contributed by atoms with Gasteiger partial charge in [0, 0.05) is 37.6 Å². The molecule has 0 bridgehead atoms. The standard InChI is InChI=1S/C19H25BrN4OS/c1-4-22-19(24(3)13-16-8-9-17(20)26-16)23-11-10-14-6-5-7-15(12-14)18(25)21-2/h5-9,12H,4,10-11,13H2,1-3H3,(H,21,25)(H,22,23). The van der Waals surface area contributed by atoms with Gasteiger partial charge in [-0.3, -0.25) is 9.79 Å². The first-order valence-corrected chi connectivity index (χ1v) is 10.2.